The van der Waals surface area contributed by atoms with Crippen molar-refractivity contribution in [1.29, 1.82) is 0 Å². The molecular weight excluding hydrogens is 694 g/mol. The Bertz CT molecular complexity index is 875. The van der Waals surface area contributed by atoms with E-state index in [4.69, 9.17) is 19.1 Å². The van der Waals surface area contributed by atoms with Crippen LogP contribution in [0.2, 0.25) is 0 Å². The molecule has 0 bridgehead atoms. The quantitative estimate of drug-likeness (QED) is 0.0224. The van der Waals surface area contributed by atoms with Gasteiger partial charge in [0.2, 0.25) is 0 Å². The van der Waals surface area contributed by atoms with Gasteiger partial charge in [-0.3, -0.25) is 14.2 Å². The summed E-state index contributed by atoms with van der Waals surface area (Å²) in [6.07, 6.45) is 32.9. The Balaban J connectivity index is 0. The van der Waals surface area contributed by atoms with Crippen molar-refractivity contribution < 1.29 is 77.3 Å². The largest absolute Gasteiger partial charge is 1.00 e. The molecule has 0 saturated heterocycles. The fourth-order valence-electron chi connectivity index (χ4n) is 5.69. The molecule has 302 valence electrons. The number of hydrogen-bond donors (Lipinski definition) is 2. The number of aliphatic hydroxyl groups is 2. The van der Waals surface area contributed by atoms with E-state index in [2.05, 4.69) is 30.5 Å². The van der Waals surface area contributed by atoms with E-state index in [-0.39, 0.29) is 49.0 Å². The summed E-state index contributed by atoms with van der Waals surface area (Å²) in [5, 5.41) is 18.2. The summed E-state index contributed by atoms with van der Waals surface area (Å²) >= 11 is 0. The van der Waals surface area contributed by atoms with E-state index in [9.17, 15) is 24.2 Å². The fraction of sp³-hybridized carbons (Fsp3) is 0.900. The van der Waals surface area contributed by atoms with E-state index in [0.29, 0.717) is 12.8 Å². The van der Waals surface area contributed by atoms with Gasteiger partial charge in [0.05, 0.1) is 19.8 Å². The monoisotopic (exact) mass is 771 g/mol. The number of allylic oxidation sites excluding steroid dienone is 2. The molecule has 12 heteroatoms. The van der Waals surface area contributed by atoms with Gasteiger partial charge in [-0.05, 0) is 38.5 Å². The van der Waals surface area contributed by atoms with Crippen LogP contribution in [0.25, 0.3) is 0 Å². The van der Waals surface area contributed by atoms with Crippen LogP contribution >= 0.6 is 7.82 Å². The Kier molecular flexibility index (Phi) is 41.8. The minimum absolute atomic E-state index is 0. The first kappa shape index (κ1) is 53.8. The molecule has 0 rings (SSSR count). The van der Waals surface area contributed by atoms with Crippen molar-refractivity contribution >= 4 is 19.8 Å². The van der Waals surface area contributed by atoms with Crippen LogP contribution < -0.4 is 34.5 Å². The van der Waals surface area contributed by atoms with Gasteiger partial charge in [-0.2, -0.15) is 0 Å². The van der Waals surface area contributed by atoms with Crippen LogP contribution in [-0.2, 0) is 32.7 Å². The Labute approximate surface area is 339 Å². The molecule has 2 N–H and O–H groups in total. The van der Waals surface area contributed by atoms with Crippen LogP contribution in [0.5, 0.6) is 0 Å². The fourth-order valence-corrected chi connectivity index (χ4v) is 6.47. The van der Waals surface area contributed by atoms with Crippen LogP contribution in [0.1, 0.15) is 194 Å². The van der Waals surface area contributed by atoms with E-state index in [1.165, 1.54) is 96.3 Å². The number of carbonyl (C=O) groups excluding carboxylic acids is 2. The maximum Gasteiger partial charge on any atom is 1.00 e. The topological polar surface area (TPSA) is 152 Å². The molecule has 3 atom stereocenters. The summed E-state index contributed by atoms with van der Waals surface area (Å²) < 4.78 is 32.3. The van der Waals surface area contributed by atoms with Crippen molar-refractivity contribution in [1.82, 2.24) is 0 Å². The molecule has 0 aromatic heterocycles. The second-order valence-electron chi connectivity index (χ2n) is 14.0. The summed E-state index contributed by atoms with van der Waals surface area (Å²) in [4.78, 5) is 37.0. The van der Waals surface area contributed by atoms with Gasteiger partial charge in [0.1, 0.15) is 12.7 Å². The van der Waals surface area contributed by atoms with Crippen LogP contribution in [0.3, 0.4) is 0 Å². The number of esters is 2. The first-order valence-electron chi connectivity index (χ1n) is 20.6. The summed E-state index contributed by atoms with van der Waals surface area (Å²) in [6, 6.07) is 0. The molecule has 0 aromatic carbocycles. The molecule has 0 heterocycles. The predicted octanol–water partition coefficient (Wildman–Crippen LogP) is 6.82. The van der Waals surface area contributed by atoms with E-state index in [0.717, 1.165) is 57.8 Å². The molecule has 0 radical (unpaired) electrons. The van der Waals surface area contributed by atoms with E-state index in [1.807, 2.05) is 0 Å². The molecule has 0 aliphatic heterocycles. The van der Waals surface area contributed by atoms with Crippen molar-refractivity contribution in [3.8, 4) is 0 Å². The maximum absolute atomic E-state index is 12.6. The molecule has 0 saturated carbocycles. The summed E-state index contributed by atoms with van der Waals surface area (Å²) in [5.74, 6) is -0.963. The summed E-state index contributed by atoms with van der Waals surface area (Å²) in [7, 11) is -4.86. The molecule has 0 aliphatic carbocycles. The van der Waals surface area contributed by atoms with Crippen LogP contribution in [0.15, 0.2) is 12.2 Å². The third kappa shape index (κ3) is 39.4. The summed E-state index contributed by atoms with van der Waals surface area (Å²) in [5.41, 5.74) is 0. The third-order valence-corrected chi connectivity index (χ3v) is 9.84. The molecule has 0 aliphatic rings. The average molecular weight is 771 g/mol. The minimum Gasteiger partial charge on any atom is -0.756 e. The zero-order valence-electron chi connectivity index (χ0n) is 33.5. The van der Waals surface area contributed by atoms with Gasteiger partial charge in [0.25, 0.3) is 7.82 Å². The molecule has 0 spiro atoms. The smallest absolute Gasteiger partial charge is 0.756 e. The zero-order chi connectivity index (χ0) is 37.7. The molecule has 0 fully saturated rings. The van der Waals surface area contributed by atoms with Gasteiger partial charge in [0.15, 0.2) is 6.10 Å². The standard InChI is InChI=1S/C40H77O10P.Na/c1-3-5-7-9-11-13-15-17-18-20-22-24-26-28-30-32-40(44)50-38(36-49-51(45,46)48-34-37(42)33-41)35-47-39(43)31-29-27-25-23-21-19-16-14-12-10-8-6-4-2;/h17-18,37-38,41-42H,3-16,19-36H2,1-2H3,(H,45,46);/q;+1/p-1/b18-17+;/t37-,38+;/m0./s1. The van der Waals surface area contributed by atoms with Gasteiger partial charge >= 0.3 is 41.5 Å². The van der Waals surface area contributed by atoms with Crippen molar-refractivity contribution in [2.75, 3.05) is 26.4 Å². The SMILES string of the molecule is CCCCCCCC/C=C/CCCCCCCC(=O)O[C@H](COC(=O)CCCCCCCCCCCCCCC)COP(=O)([O-])OC[C@@H](O)CO.[Na+]. The number of hydrogen-bond acceptors (Lipinski definition) is 10. The molecule has 0 amide bonds. The number of phosphoric ester groups is 1. The molecular formula is C40H76NaO10P. The van der Waals surface area contributed by atoms with Crippen LogP contribution in [0.4, 0.5) is 0 Å². The summed E-state index contributed by atoms with van der Waals surface area (Å²) in [6.45, 7) is 2.19. The Hall–Kier alpha value is -0.290. The average Bonchev–Trinajstić information content (AvgIpc) is 3.12. The van der Waals surface area contributed by atoms with E-state index >= 15 is 0 Å². The van der Waals surface area contributed by atoms with Gasteiger partial charge in [-0.15, -0.1) is 0 Å². The van der Waals surface area contributed by atoms with Crippen molar-refractivity contribution in [3.63, 3.8) is 0 Å². The predicted molar refractivity (Wildman–Crippen MR) is 203 cm³/mol. The molecule has 52 heavy (non-hydrogen) atoms. The Morgan fingerprint density at radius 3 is 1.42 bits per heavy atom. The number of aliphatic hydroxyl groups excluding tert-OH is 2. The normalized spacial score (nSPS) is 13.8. The minimum atomic E-state index is -4.86. The molecule has 10 nitrogen and oxygen atoms in total. The maximum atomic E-state index is 12.6. The first-order valence-corrected chi connectivity index (χ1v) is 22.1. The van der Waals surface area contributed by atoms with Gasteiger partial charge in [-0.25, -0.2) is 0 Å². The van der Waals surface area contributed by atoms with E-state index in [1.54, 1.807) is 0 Å². The van der Waals surface area contributed by atoms with E-state index < -0.39 is 51.8 Å². The van der Waals surface area contributed by atoms with Crippen LogP contribution in [-0.4, -0.2) is 60.8 Å². The first-order chi connectivity index (χ1) is 24.7. The second-order valence-corrected chi connectivity index (χ2v) is 15.4. The third-order valence-electron chi connectivity index (χ3n) is 8.91. The van der Waals surface area contributed by atoms with Crippen molar-refractivity contribution in [2.24, 2.45) is 0 Å². The van der Waals surface area contributed by atoms with Gasteiger partial charge < -0.3 is 33.6 Å². The van der Waals surface area contributed by atoms with Crippen molar-refractivity contribution in [2.45, 2.75) is 206 Å². The Morgan fingerprint density at radius 2 is 0.981 bits per heavy atom. The van der Waals surface area contributed by atoms with Gasteiger partial charge in [-0.1, -0.05) is 154 Å². The van der Waals surface area contributed by atoms with Gasteiger partial charge in [0, 0.05) is 12.8 Å². The number of unbranched alkanes of at least 4 members (excludes halogenated alkanes) is 23. The van der Waals surface area contributed by atoms with Crippen molar-refractivity contribution in [3.05, 3.63) is 12.2 Å². The number of carbonyl (C=O) groups is 2. The Morgan fingerprint density at radius 1 is 0.596 bits per heavy atom. The molecule has 1 unspecified atom stereocenters. The number of rotatable bonds is 39. The van der Waals surface area contributed by atoms with Crippen LogP contribution in [0, 0.1) is 0 Å². The number of ether oxygens (including phenoxy) is 2. The number of phosphoric acid groups is 1. The second kappa shape index (κ2) is 40.4. The molecule has 0 aromatic rings. The zero-order valence-corrected chi connectivity index (χ0v) is 36.4.